The minimum atomic E-state index is 1.13. The Labute approximate surface area is 302 Å². The average molecular weight is 684 g/mol. The van der Waals surface area contributed by atoms with Crippen molar-refractivity contribution in [2.45, 2.75) is 0 Å². The molecule has 0 amide bonds. The van der Waals surface area contributed by atoms with Gasteiger partial charge in [0.2, 0.25) is 0 Å². The van der Waals surface area contributed by atoms with Crippen LogP contribution in [0.4, 0.5) is 17.1 Å². The Balaban J connectivity index is 1.08. The molecule has 0 unspecified atom stereocenters. The lowest BCUT2D eigenvalue weighted by molar-refractivity contribution is 1.30. The third-order valence-electron chi connectivity index (χ3n) is 10.4. The highest BCUT2D eigenvalue weighted by atomic mass is 32.1. The van der Waals surface area contributed by atoms with Gasteiger partial charge >= 0.3 is 0 Å². The predicted molar refractivity (Wildman–Crippen MR) is 225 cm³/mol. The van der Waals surface area contributed by atoms with Gasteiger partial charge in [-0.1, -0.05) is 121 Å². The maximum Gasteiger partial charge on any atom is 0.0476 e. The van der Waals surface area contributed by atoms with E-state index in [4.69, 9.17) is 0 Å². The van der Waals surface area contributed by atoms with Crippen LogP contribution in [-0.4, -0.2) is 0 Å². The number of benzene rings is 9. The van der Waals surface area contributed by atoms with Gasteiger partial charge in [-0.2, -0.15) is 0 Å². The summed E-state index contributed by atoms with van der Waals surface area (Å²) < 4.78 is 5.25. The summed E-state index contributed by atoms with van der Waals surface area (Å²) in [6.45, 7) is 0. The summed E-state index contributed by atoms with van der Waals surface area (Å²) >= 11 is 3.73. The second-order valence-corrected chi connectivity index (χ2v) is 15.5. The van der Waals surface area contributed by atoms with Crippen molar-refractivity contribution in [1.29, 1.82) is 0 Å². The molecule has 0 saturated carbocycles. The maximum absolute atomic E-state index is 2.42. The van der Waals surface area contributed by atoms with Crippen molar-refractivity contribution >= 4 is 112 Å². The highest BCUT2D eigenvalue weighted by Crippen LogP contribution is 2.44. The van der Waals surface area contributed by atoms with Crippen molar-refractivity contribution in [2.75, 3.05) is 4.90 Å². The van der Waals surface area contributed by atoms with Crippen molar-refractivity contribution in [2.24, 2.45) is 0 Å². The lowest BCUT2D eigenvalue weighted by Crippen LogP contribution is -2.09. The Bertz CT molecular complexity index is 3150. The summed E-state index contributed by atoms with van der Waals surface area (Å²) in [4.78, 5) is 2.42. The summed E-state index contributed by atoms with van der Waals surface area (Å²) in [5, 5.41) is 13.0. The Hall–Kier alpha value is -6.00. The maximum atomic E-state index is 2.42. The molecule has 0 aliphatic carbocycles. The number of anilines is 3. The van der Waals surface area contributed by atoms with Crippen LogP contribution >= 0.6 is 22.7 Å². The predicted octanol–water partition coefficient (Wildman–Crippen LogP) is 15.0. The summed E-state index contributed by atoms with van der Waals surface area (Å²) in [6, 6.07) is 65.0. The fourth-order valence-electron chi connectivity index (χ4n) is 8.06. The normalized spacial score (nSPS) is 11.9. The summed E-state index contributed by atoms with van der Waals surface area (Å²) in [5.41, 5.74) is 5.91. The van der Waals surface area contributed by atoms with E-state index < -0.39 is 0 Å². The van der Waals surface area contributed by atoms with Crippen LogP contribution in [0, 0.1) is 0 Å². The number of hydrogen-bond acceptors (Lipinski definition) is 3. The van der Waals surface area contributed by atoms with Gasteiger partial charge in [0.25, 0.3) is 0 Å². The molecule has 11 rings (SSSR count). The van der Waals surface area contributed by atoms with E-state index in [9.17, 15) is 0 Å². The van der Waals surface area contributed by atoms with Crippen LogP contribution in [0.15, 0.2) is 176 Å². The van der Waals surface area contributed by atoms with E-state index >= 15 is 0 Å². The molecule has 0 fully saturated rings. The molecule has 11 aromatic rings. The molecule has 51 heavy (non-hydrogen) atoms. The molecule has 0 atom stereocenters. The molecule has 2 aromatic heterocycles. The van der Waals surface area contributed by atoms with Crippen LogP contribution in [-0.2, 0) is 0 Å². The van der Waals surface area contributed by atoms with Gasteiger partial charge < -0.3 is 4.90 Å². The topological polar surface area (TPSA) is 3.24 Å². The second kappa shape index (κ2) is 11.3. The Morgan fingerprint density at radius 3 is 1.73 bits per heavy atom. The molecule has 238 valence electrons. The fourth-order valence-corrected chi connectivity index (χ4v) is 10.3. The van der Waals surface area contributed by atoms with E-state index in [1.54, 1.807) is 0 Å². The van der Waals surface area contributed by atoms with Gasteiger partial charge in [-0.25, -0.2) is 0 Å². The monoisotopic (exact) mass is 683 g/mol. The fraction of sp³-hybridized carbons (Fsp3) is 0. The molecule has 2 heterocycles. The number of nitrogens with zero attached hydrogens (tertiary/aromatic N) is 1. The highest BCUT2D eigenvalue weighted by Gasteiger charge is 2.17. The average Bonchev–Trinajstić information content (AvgIpc) is 3.75. The minimum absolute atomic E-state index is 1.13. The first-order valence-electron chi connectivity index (χ1n) is 17.3. The first-order chi connectivity index (χ1) is 25.3. The van der Waals surface area contributed by atoms with Gasteiger partial charge in [-0.05, 0) is 98.0 Å². The van der Waals surface area contributed by atoms with E-state index in [1.165, 1.54) is 83.8 Å². The Morgan fingerprint density at radius 2 is 0.882 bits per heavy atom. The van der Waals surface area contributed by atoms with Crippen molar-refractivity contribution < 1.29 is 0 Å². The molecule has 0 radical (unpaired) electrons. The van der Waals surface area contributed by atoms with Crippen LogP contribution in [0.1, 0.15) is 0 Å². The molecular weight excluding hydrogens is 655 g/mol. The van der Waals surface area contributed by atoms with Gasteiger partial charge in [-0.3, -0.25) is 0 Å². The number of fused-ring (bicyclic) bond motifs is 11. The number of thiophene rings is 2. The van der Waals surface area contributed by atoms with E-state index in [0.717, 1.165) is 17.1 Å². The van der Waals surface area contributed by atoms with Crippen LogP contribution < -0.4 is 4.90 Å². The third-order valence-corrected chi connectivity index (χ3v) is 12.7. The molecule has 9 aromatic carbocycles. The van der Waals surface area contributed by atoms with E-state index in [2.05, 4.69) is 181 Å². The molecule has 0 bridgehead atoms. The molecule has 0 N–H and O–H groups in total. The molecule has 0 aliphatic heterocycles. The van der Waals surface area contributed by atoms with Crippen molar-refractivity contribution in [1.82, 2.24) is 0 Å². The molecular formula is C48H29NS2. The smallest absolute Gasteiger partial charge is 0.0476 e. The lowest BCUT2D eigenvalue weighted by Gasteiger charge is -2.26. The van der Waals surface area contributed by atoms with Crippen LogP contribution in [0.25, 0.3) is 83.8 Å². The molecule has 0 spiro atoms. The lowest BCUT2D eigenvalue weighted by atomic mass is 9.92. The molecule has 0 aliphatic rings. The van der Waals surface area contributed by atoms with Crippen molar-refractivity contribution in [3.05, 3.63) is 176 Å². The third kappa shape index (κ3) is 4.52. The van der Waals surface area contributed by atoms with Crippen molar-refractivity contribution in [3.63, 3.8) is 0 Å². The molecule has 1 nitrogen and oxygen atoms in total. The summed E-state index contributed by atoms with van der Waals surface area (Å²) in [6.07, 6.45) is 0. The minimum Gasteiger partial charge on any atom is -0.310 e. The van der Waals surface area contributed by atoms with Gasteiger partial charge in [0.1, 0.15) is 0 Å². The number of hydrogen-bond donors (Lipinski definition) is 0. The quantitative estimate of drug-likeness (QED) is 0.167. The van der Waals surface area contributed by atoms with E-state index in [-0.39, 0.29) is 0 Å². The highest BCUT2D eigenvalue weighted by molar-refractivity contribution is 7.26. The largest absolute Gasteiger partial charge is 0.310 e. The SMILES string of the molecule is c1ccc2c(c1)ccc1ccc3c(-c4ccc(N(c5ccc6c(c5)sc5ccccc56)c5ccc6sc7ccccc7c6c5)cc4)cccc3c12. The van der Waals surface area contributed by atoms with Crippen LogP contribution in [0.2, 0.25) is 0 Å². The van der Waals surface area contributed by atoms with Gasteiger partial charge in [0.05, 0.1) is 0 Å². The standard InChI is InChI=1S/C48H29NS2/c1-2-9-37-30(8-1)16-17-32-20-25-38-36(12-7-13-42(38)48(32)37)31-18-21-33(22-19-31)49(34-24-27-46-43(28-34)40-11-4-6-15-45(40)50-46)35-23-26-41-39-10-3-5-14-44(39)51-47(41)29-35/h1-29H. The van der Waals surface area contributed by atoms with Gasteiger partial charge in [0, 0.05) is 57.4 Å². The summed E-state index contributed by atoms with van der Waals surface area (Å²) in [7, 11) is 0. The summed E-state index contributed by atoms with van der Waals surface area (Å²) in [5.74, 6) is 0. The van der Waals surface area contributed by atoms with Crippen LogP contribution in [0.3, 0.4) is 0 Å². The zero-order valence-corrected chi connectivity index (χ0v) is 29.1. The van der Waals surface area contributed by atoms with E-state index in [1.807, 2.05) is 22.7 Å². The second-order valence-electron chi connectivity index (χ2n) is 13.3. The first-order valence-corrected chi connectivity index (χ1v) is 19.0. The number of rotatable bonds is 4. The first kappa shape index (κ1) is 28.8. The van der Waals surface area contributed by atoms with Gasteiger partial charge in [0.15, 0.2) is 0 Å². The van der Waals surface area contributed by atoms with Gasteiger partial charge in [-0.15, -0.1) is 22.7 Å². The zero-order valence-electron chi connectivity index (χ0n) is 27.5. The zero-order chi connectivity index (χ0) is 33.5. The Morgan fingerprint density at radius 1 is 0.314 bits per heavy atom. The van der Waals surface area contributed by atoms with Crippen LogP contribution in [0.5, 0.6) is 0 Å². The van der Waals surface area contributed by atoms with E-state index in [0.29, 0.717) is 0 Å². The molecule has 3 heteroatoms. The molecule has 0 saturated heterocycles. The van der Waals surface area contributed by atoms with Crippen molar-refractivity contribution in [3.8, 4) is 11.1 Å². The Kier molecular flexibility index (Phi) is 6.36.